The van der Waals surface area contributed by atoms with Crippen molar-refractivity contribution in [3.05, 3.63) is 36.0 Å². The fraction of sp³-hybridized carbons (Fsp3) is 0.231. The summed E-state index contributed by atoms with van der Waals surface area (Å²) in [5.74, 6) is 0.783. The Morgan fingerprint density at radius 2 is 2.18 bits per heavy atom. The van der Waals surface area contributed by atoms with Crippen molar-refractivity contribution in [3.63, 3.8) is 0 Å². The normalized spacial score (nSPS) is 10.2. The maximum Gasteiger partial charge on any atom is 0.168 e. The molecule has 2 rings (SSSR count). The van der Waals surface area contributed by atoms with Gasteiger partial charge < -0.3 is 4.74 Å². The topological polar surface area (TPSA) is 44.1 Å². The average Bonchev–Trinajstić information content (AvgIpc) is 2.71. The Morgan fingerprint density at radius 1 is 1.41 bits per heavy atom. The van der Waals surface area contributed by atoms with Gasteiger partial charge >= 0.3 is 0 Å². The first-order valence-electron chi connectivity index (χ1n) is 5.47. The molecule has 1 aromatic heterocycles. The molecule has 4 nitrogen and oxygen atoms in total. The molecule has 0 unspecified atom stereocenters. The molecule has 0 atom stereocenters. The summed E-state index contributed by atoms with van der Waals surface area (Å²) in [6.45, 7) is 2.54. The SMILES string of the molecule is CCOc1ccccc1-c1cc(C=O)n(C)n1. The number of para-hydroxylation sites is 1. The number of aryl methyl sites for hydroxylation is 1. The molecule has 0 spiro atoms. The van der Waals surface area contributed by atoms with Crippen molar-refractivity contribution >= 4 is 6.29 Å². The van der Waals surface area contributed by atoms with E-state index in [2.05, 4.69) is 5.10 Å². The minimum absolute atomic E-state index is 0.548. The lowest BCUT2D eigenvalue weighted by Crippen LogP contribution is -1.96. The summed E-state index contributed by atoms with van der Waals surface area (Å²) in [5, 5.41) is 4.30. The van der Waals surface area contributed by atoms with Gasteiger partial charge in [0.25, 0.3) is 0 Å². The summed E-state index contributed by atoms with van der Waals surface area (Å²) in [5.41, 5.74) is 2.20. The van der Waals surface area contributed by atoms with Crippen molar-refractivity contribution in [2.45, 2.75) is 6.92 Å². The molecule has 0 fully saturated rings. The highest BCUT2D eigenvalue weighted by Gasteiger charge is 2.10. The Morgan fingerprint density at radius 3 is 2.82 bits per heavy atom. The van der Waals surface area contributed by atoms with Crippen molar-refractivity contribution in [2.75, 3.05) is 6.61 Å². The first-order chi connectivity index (χ1) is 8.26. The number of aldehydes is 1. The summed E-state index contributed by atoms with van der Waals surface area (Å²) in [6.07, 6.45) is 0.791. The van der Waals surface area contributed by atoms with Gasteiger partial charge in [-0.2, -0.15) is 5.10 Å². The second-order valence-corrected chi connectivity index (χ2v) is 3.63. The van der Waals surface area contributed by atoms with Gasteiger partial charge in [-0.3, -0.25) is 9.48 Å². The molecular weight excluding hydrogens is 216 g/mol. The summed E-state index contributed by atoms with van der Waals surface area (Å²) in [4.78, 5) is 10.8. The standard InChI is InChI=1S/C13H14N2O2/c1-3-17-13-7-5-4-6-11(13)12-8-10(9-16)15(2)14-12/h4-9H,3H2,1-2H3. The number of benzene rings is 1. The number of hydrogen-bond acceptors (Lipinski definition) is 3. The summed E-state index contributed by atoms with van der Waals surface area (Å²) < 4.78 is 7.10. The molecule has 4 heteroatoms. The van der Waals surface area contributed by atoms with E-state index in [1.807, 2.05) is 31.2 Å². The summed E-state index contributed by atoms with van der Waals surface area (Å²) in [7, 11) is 1.75. The Kier molecular flexibility index (Phi) is 3.23. The molecule has 0 saturated carbocycles. The van der Waals surface area contributed by atoms with Crippen molar-refractivity contribution < 1.29 is 9.53 Å². The molecule has 0 radical (unpaired) electrons. The van der Waals surface area contributed by atoms with Gasteiger partial charge in [-0.25, -0.2) is 0 Å². The fourth-order valence-corrected chi connectivity index (χ4v) is 1.68. The Labute approximate surface area is 99.8 Å². The van der Waals surface area contributed by atoms with Gasteiger partial charge in [0.05, 0.1) is 12.3 Å². The third kappa shape index (κ3) is 2.20. The van der Waals surface area contributed by atoms with Crippen LogP contribution in [0.15, 0.2) is 30.3 Å². The lowest BCUT2D eigenvalue weighted by molar-refractivity contribution is 0.111. The molecule has 17 heavy (non-hydrogen) atoms. The predicted molar refractivity (Wildman–Crippen MR) is 65.2 cm³/mol. The fourth-order valence-electron chi connectivity index (χ4n) is 1.68. The van der Waals surface area contributed by atoms with Gasteiger partial charge in [-0.1, -0.05) is 12.1 Å². The van der Waals surface area contributed by atoms with Crippen LogP contribution < -0.4 is 4.74 Å². The van der Waals surface area contributed by atoms with Crippen LogP contribution in [0, 0.1) is 0 Å². The van der Waals surface area contributed by atoms with Crippen LogP contribution in [0.2, 0.25) is 0 Å². The van der Waals surface area contributed by atoms with Crippen molar-refractivity contribution in [2.24, 2.45) is 7.05 Å². The molecule has 2 aromatic rings. The number of carbonyl (C=O) groups excluding carboxylic acids is 1. The molecule has 0 saturated heterocycles. The van der Waals surface area contributed by atoms with E-state index in [4.69, 9.17) is 4.74 Å². The molecule has 0 aliphatic rings. The van der Waals surface area contributed by atoms with Crippen molar-refractivity contribution in [1.29, 1.82) is 0 Å². The number of hydrogen-bond donors (Lipinski definition) is 0. The second-order valence-electron chi connectivity index (χ2n) is 3.63. The molecule has 1 aromatic carbocycles. The number of rotatable bonds is 4. The van der Waals surface area contributed by atoms with E-state index < -0.39 is 0 Å². The van der Waals surface area contributed by atoms with Crippen LogP contribution in [0.25, 0.3) is 11.3 Å². The molecule has 0 amide bonds. The smallest absolute Gasteiger partial charge is 0.168 e. The number of aromatic nitrogens is 2. The van der Waals surface area contributed by atoms with E-state index in [0.29, 0.717) is 12.3 Å². The van der Waals surface area contributed by atoms with Gasteiger partial charge in [0, 0.05) is 12.6 Å². The lowest BCUT2D eigenvalue weighted by Gasteiger charge is -2.07. The molecule has 0 N–H and O–H groups in total. The Balaban J connectivity index is 2.48. The Hall–Kier alpha value is -2.10. The number of carbonyl (C=O) groups is 1. The van der Waals surface area contributed by atoms with Crippen LogP contribution in [0.4, 0.5) is 0 Å². The van der Waals surface area contributed by atoms with Crippen LogP contribution in [-0.2, 0) is 7.05 Å². The summed E-state index contributed by atoms with van der Waals surface area (Å²) >= 11 is 0. The van der Waals surface area contributed by atoms with Crippen molar-refractivity contribution in [1.82, 2.24) is 9.78 Å². The highest BCUT2D eigenvalue weighted by molar-refractivity contribution is 5.77. The predicted octanol–water partition coefficient (Wildman–Crippen LogP) is 2.30. The molecule has 1 heterocycles. The zero-order valence-corrected chi connectivity index (χ0v) is 9.88. The van der Waals surface area contributed by atoms with E-state index in [-0.39, 0.29) is 0 Å². The van der Waals surface area contributed by atoms with Gasteiger partial charge in [-0.15, -0.1) is 0 Å². The zero-order valence-electron chi connectivity index (χ0n) is 9.88. The largest absolute Gasteiger partial charge is 0.493 e. The number of nitrogens with zero attached hydrogens (tertiary/aromatic N) is 2. The zero-order chi connectivity index (χ0) is 12.3. The molecule has 0 bridgehead atoms. The highest BCUT2D eigenvalue weighted by Crippen LogP contribution is 2.28. The highest BCUT2D eigenvalue weighted by atomic mass is 16.5. The van der Waals surface area contributed by atoms with E-state index in [0.717, 1.165) is 23.3 Å². The van der Waals surface area contributed by atoms with E-state index >= 15 is 0 Å². The first kappa shape index (κ1) is 11.4. The maximum absolute atomic E-state index is 10.8. The first-order valence-corrected chi connectivity index (χ1v) is 5.47. The minimum Gasteiger partial charge on any atom is -0.493 e. The van der Waals surface area contributed by atoms with E-state index in [1.54, 1.807) is 17.8 Å². The van der Waals surface area contributed by atoms with Crippen LogP contribution in [0.3, 0.4) is 0 Å². The van der Waals surface area contributed by atoms with Crippen LogP contribution >= 0.6 is 0 Å². The third-order valence-electron chi connectivity index (χ3n) is 2.50. The van der Waals surface area contributed by atoms with E-state index in [9.17, 15) is 4.79 Å². The second kappa shape index (κ2) is 4.82. The quantitative estimate of drug-likeness (QED) is 0.757. The van der Waals surface area contributed by atoms with Crippen LogP contribution in [0.5, 0.6) is 5.75 Å². The monoisotopic (exact) mass is 230 g/mol. The van der Waals surface area contributed by atoms with Gasteiger partial charge in [0.15, 0.2) is 6.29 Å². The minimum atomic E-state index is 0.548. The van der Waals surface area contributed by atoms with Crippen LogP contribution in [0.1, 0.15) is 17.4 Å². The molecular formula is C13H14N2O2. The van der Waals surface area contributed by atoms with Gasteiger partial charge in [0.2, 0.25) is 0 Å². The average molecular weight is 230 g/mol. The molecule has 0 aliphatic carbocycles. The van der Waals surface area contributed by atoms with Gasteiger partial charge in [0.1, 0.15) is 11.4 Å². The molecule has 0 aliphatic heterocycles. The number of ether oxygens (including phenoxy) is 1. The summed E-state index contributed by atoms with van der Waals surface area (Å²) in [6, 6.07) is 9.42. The lowest BCUT2D eigenvalue weighted by atomic mass is 10.1. The van der Waals surface area contributed by atoms with Gasteiger partial charge in [-0.05, 0) is 25.1 Å². The van der Waals surface area contributed by atoms with Crippen LogP contribution in [-0.4, -0.2) is 22.7 Å². The van der Waals surface area contributed by atoms with E-state index in [1.165, 1.54) is 0 Å². The Bertz CT molecular complexity index is 532. The third-order valence-corrected chi connectivity index (χ3v) is 2.50. The molecule has 88 valence electrons. The van der Waals surface area contributed by atoms with Crippen molar-refractivity contribution in [3.8, 4) is 17.0 Å². The maximum atomic E-state index is 10.8.